The van der Waals surface area contributed by atoms with Crippen LogP contribution < -0.4 is 0 Å². The number of aromatic amines is 1. The van der Waals surface area contributed by atoms with Crippen LogP contribution in [-0.2, 0) is 12.8 Å². The van der Waals surface area contributed by atoms with Gasteiger partial charge in [0.25, 0.3) is 5.69 Å². The van der Waals surface area contributed by atoms with E-state index in [9.17, 15) is 15.4 Å². The van der Waals surface area contributed by atoms with Crippen molar-refractivity contribution in [3.8, 4) is 6.07 Å². The number of nitro groups is 1. The lowest BCUT2D eigenvalue weighted by Gasteiger charge is -1.97. The van der Waals surface area contributed by atoms with Gasteiger partial charge in [-0.05, 0) is 37.3 Å². The quantitative estimate of drug-likeness (QED) is 0.305. The van der Waals surface area contributed by atoms with Crippen LogP contribution in [0.15, 0.2) is 29.4 Å². The summed E-state index contributed by atoms with van der Waals surface area (Å²) in [5.41, 5.74) is 3.21. The molecule has 0 saturated heterocycles. The topological polar surface area (TPSA) is 95.1 Å². The number of nitriles is 1. The minimum atomic E-state index is -0.387. The van der Waals surface area contributed by atoms with Crippen molar-refractivity contribution in [2.24, 2.45) is 4.99 Å². The number of aliphatic imine (C=N–C) groups is 1. The van der Waals surface area contributed by atoms with Gasteiger partial charge in [-0.2, -0.15) is 5.26 Å². The number of fused-ring (bicyclic) bond motifs is 2. The van der Waals surface area contributed by atoms with Crippen LogP contribution in [0.1, 0.15) is 40.8 Å². The number of nitro benzene ring substituents is 1. The van der Waals surface area contributed by atoms with Gasteiger partial charge >= 0.3 is 0 Å². The number of aromatic nitrogens is 1. The Balaban J connectivity index is 1.77. The van der Waals surface area contributed by atoms with Gasteiger partial charge in [0.05, 0.1) is 21.4 Å². The van der Waals surface area contributed by atoms with Gasteiger partial charge in [-0.3, -0.25) is 10.1 Å². The summed E-state index contributed by atoms with van der Waals surface area (Å²) in [4.78, 5) is 19.8. The van der Waals surface area contributed by atoms with E-state index in [2.05, 4.69) is 16.0 Å². The van der Waals surface area contributed by atoms with Gasteiger partial charge in [-0.15, -0.1) is 11.3 Å². The van der Waals surface area contributed by atoms with Crippen LogP contribution in [0, 0.1) is 21.4 Å². The number of H-pyrrole nitrogens is 1. The number of non-ortho nitro benzene ring substituents is 1. The van der Waals surface area contributed by atoms with Crippen molar-refractivity contribution in [1.29, 1.82) is 5.26 Å². The van der Waals surface area contributed by atoms with Gasteiger partial charge in [0.15, 0.2) is 0 Å². The maximum absolute atomic E-state index is 11.3. The van der Waals surface area contributed by atoms with Crippen LogP contribution in [-0.4, -0.2) is 16.1 Å². The first-order valence-corrected chi connectivity index (χ1v) is 9.34. The first kappa shape index (κ1) is 16.5. The van der Waals surface area contributed by atoms with Gasteiger partial charge in [0.2, 0.25) is 0 Å². The molecule has 0 fully saturated rings. The van der Waals surface area contributed by atoms with Crippen LogP contribution in [0.2, 0.25) is 0 Å². The van der Waals surface area contributed by atoms with E-state index >= 15 is 0 Å². The average molecular weight is 364 g/mol. The predicted molar refractivity (Wildman–Crippen MR) is 103 cm³/mol. The Bertz CT molecular complexity index is 1070. The van der Waals surface area contributed by atoms with E-state index in [-0.39, 0.29) is 10.6 Å². The summed E-state index contributed by atoms with van der Waals surface area (Å²) in [5.74, 6) is 0. The summed E-state index contributed by atoms with van der Waals surface area (Å²) >= 11 is 1.57. The Morgan fingerprint density at radius 1 is 1.31 bits per heavy atom. The van der Waals surface area contributed by atoms with E-state index in [4.69, 9.17) is 0 Å². The lowest BCUT2D eigenvalue weighted by atomic mass is 10.1. The molecule has 7 heteroatoms. The number of hydrogen-bond donors (Lipinski definition) is 1. The molecule has 0 radical (unpaired) electrons. The van der Waals surface area contributed by atoms with E-state index in [1.165, 1.54) is 17.4 Å². The number of aryl methyl sites for hydroxylation is 1. The number of rotatable bonds is 3. The second-order valence-corrected chi connectivity index (χ2v) is 7.40. The van der Waals surface area contributed by atoms with Crippen LogP contribution in [0.3, 0.4) is 0 Å². The van der Waals surface area contributed by atoms with Crippen molar-refractivity contribution < 1.29 is 4.92 Å². The van der Waals surface area contributed by atoms with Crippen LogP contribution in [0.25, 0.3) is 10.9 Å². The fraction of sp³-hybridized carbons (Fsp3) is 0.263. The molecule has 0 bridgehead atoms. The minimum Gasteiger partial charge on any atom is -0.360 e. The third-order valence-corrected chi connectivity index (χ3v) is 5.95. The summed E-state index contributed by atoms with van der Waals surface area (Å²) in [6.45, 7) is 0. The Morgan fingerprint density at radius 2 is 2.15 bits per heavy atom. The highest BCUT2D eigenvalue weighted by Gasteiger charge is 2.20. The van der Waals surface area contributed by atoms with Crippen LogP contribution in [0.4, 0.5) is 10.7 Å². The van der Waals surface area contributed by atoms with Gasteiger partial charge in [0.1, 0.15) is 11.1 Å². The maximum Gasteiger partial charge on any atom is 0.279 e. The zero-order valence-electron chi connectivity index (χ0n) is 14.0. The van der Waals surface area contributed by atoms with Crippen molar-refractivity contribution in [3.05, 3.63) is 56.1 Å². The van der Waals surface area contributed by atoms with E-state index in [1.54, 1.807) is 35.9 Å². The maximum atomic E-state index is 11.3. The van der Waals surface area contributed by atoms with E-state index in [0.29, 0.717) is 27.0 Å². The molecular formula is C19H16N4O2S. The zero-order chi connectivity index (χ0) is 18.1. The molecule has 1 aliphatic rings. The van der Waals surface area contributed by atoms with Crippen molar-refractivity contribution in [1.82, 2.24) is 4.98 Å². The summed E-state index contributed by atoms with van der Waals surface area (Å²) in [6.07, 6.45) is 8.73. The van der Waals surface area contributed by atoms with Crippen molar-refractivity contribution in [2.45, 2.75) is 32.1 Å². The highest BCUT2D eigenvalue weighted by molar-refractivity contribution is 7.16. The van der Waals surface area contributed by atoms with Gasteiger partial charge < -0.3 is 4.98 Å². The molecule has 1 N–H and O–H groups in total. The zero-order valence-corrected chi connectivity index (χ0v) is 14.8. The van der Waals surface area contributed by atoms with Crippen molar-refractivity contribution in [3.63, 3.8) is 0 Å². The molecule has 0 atom stereocenters. The number of nitrogens with one attached hydrogen (secondary N) is 1. The second-order valence-electron chi connectivity index (χ2n) is 6.32. The van der Waals surface area contributed by atoms with Crippen molar-refractivity contribution in [2.75, 3.05) is 0 Å². The number of hydrogen-bond acceptors (Lipinski definition) is 5. The SMILES string of the molecule is N#Cc1c(/N=C/c2c[nH]c3cccc([N+](=O)[O-])c23)sc2c1CCCCC2. The summed E-state index contributed by atoms with van der Waals surface area (Å²) in [7, 11) is 0. The fourth-order valence-electron chi connectivity index (χ4n) is 3.51. The molecule has 2 aromatic heterocycles. The van der Waals surface area contributed by atoms with Gasteiger partial charge in [-0.25, -0.2) is 4.99 Å². The lowest BCUT2D eigenvalue weighted by Crippen LogP contribution is -1.90. The predicted octanol–water partition coefficient (Wildman–Crippen LogP) is 5.03. The van der Waals surface area contributed by atoms with Gasteiger partial charge in [-0.1, -0.05) is 12.5 Å². The summed E-state index contributed by atoms with van der Waals surface area (Å²) < 4.78 is 0. The highest BCUT2D eigenvalue weighted by atomic mass is 32.1. The monoisotopic (exact) mass is 364 g/mol. The first-order chi connectivity index (χ1) is 12.7. The highest BCUT2D eigenvalue weighted by Crippen LogP contribution is 2.39. The molecule has 26 heavy (non-hydrogen) atoms. The molecule has 0 spiro atoms. The molecule has 0 saturated carbocycles. The third-order valence-electron chi connectivity index (χ3n) is 4.75. The molecular weight excluding hydrogens is 348 g/mol. The summed E-state index contributed by atoms with van der Waals surface area (Å²) in [5, 5.41) is 22.1. The molecule has 1 aromatic carbocycles. The Labute approximate surface area is 154 Å². The number of nitrogens with zero attached hydrogens (tertiary/aromatic N) is 3. The lowest BCUT2D eigenvalue weighted by molar-refractivity contribution is -0.383. The molecule has 130 valence electrons. The van der Waals surface area contributed by atoms with Crippen LogP contribution in [0.5, 0.6) is 0 Å². The van der Waals surface area contributed by atoms with E-state index < -0.39 is 0 Å². The summed E-state index contributed by atoms with van der Waals surface area (Å²) in [6, 6.07) is 7.25. The first-order valence-electron chi connectivity index (χ1n) is 8.52. The Morgan fingerprint density at radius 3 is 2.96 bits per heavy atom. The Kier molecular flexibility index (Phi) is 4.27. The molecule has 0 unspecified atom stereocenters. The number of benzene rings is 1. The van der Waals surface area contributed by atoms with Gasteiger partial charge in [0, 0.05) is 28.9 Å². The molecule has 2 heterocycles. The number of thiophene rings is 1. The largest absolute Gasteiger partial charge is 0.360 e. The average Bonchev–Trinajstić information content (AvgIpc) is 3.12. The molecule has 3 aromatic rings. The molecule has 4 rings (SSSR count). The normalized spacial score (nSPS) is 14.3. The standard InChI is InChI=1S/C19H16N4O2S/c20-9-14-13-5-2-1-3-8-17(13)26-19(14)22-11-12-10-21-15-6-4-7-16(18(12)15)23(24)25/h4,6-7,10-11,21H,1-3,5,8H2/b22-11+. The van der Waals surface area contributed by atoms with E-state index in [1.807, 2.05) is 0 Å². The molecule has 1 aliphatic carbocycles. The minimum absolute atomic E-state index is 0.0488. The molecule has 0 amide bonds. The smallest absolute Gasteiger partial charge is 0.279 e. The Hall–Kier alpha value is -2.98. The van der Waals surface area contributed by atoms with Crippen LogP contribution >= 0.6 is 11.3 Å². The fourth-order valence-corrected chi connectivity index (χ4v) is 4.69. The molecule has 0 aliphatic heterocycles. The molecule has 6 nitrogen and oxygen atoms in total. The van der Waals surface area contributed by atoms with Crippen molar-refractivity contribution >= 4 is 39.1 Å². The second kappa shape index (κ2) is 6.73. The third kappa shape index (κ3) is 2.78. The van der Waals surface area contributed by atoms with E-state index in [0.717, 1.165) is 31.2 Å².